The number of likely N-dealkylation sites (tertiary alicyclic amines) is 2. The smallest absolute Gasteiger partial charge is 0.342 e. The van der Waals surface area contributed by atoms with Gasteiger partial charge in [-0.2, -0.15) is 13.2 Å². The van der Waals surface area contributed by atoms with Crippen LogP contribution in [0.15, 0.2) is 48.5 Å². The lowest BCUT2D eigenvalue weighted by Gasteiger charge is -2.24. The molecule has 0 saturated carbocycles. The predicted molar refractivity (Wildman–Crippen MR) is 106 cm³/mol. The van der Waals surface area contributed by atoms with E-state index in [0.717, 1.165) is 18.1 Å². The molecule has 0 aromatic heterocycles. The number of hydrogen-bond acceptors (Lipinski definition) is 2. The second kappa shape index (κ2) is 7.98. The fraction of sp³-hybridized carbons (Fsp3) is 0.391. The van der Waals surface area contributed by atoms with Crippen LogP contribution in [-0.4, -0.2) is 47.8 Å². The highest BCUT2D eigenvalue weighted by atomic mass is 19.4. The minimum absolute atomic E-state index is 0.0114. The maximum Gasteiger partial charge on any atom is 0.419 e. The van der Waals surface area contributed by atoms with E-state index in [1.807, 2.05) is 35.2 Å². The molecule has 0 bridgehead atoms. The number of amides is 2. The number of nitrogens with zero attached hydrogens (tertiary/aromatic N) is 2. The molecule has 2 aliphatic heterocycles. The molecule has 0 radical (unpaired) electrons. The van der Waals surface area contributed by atoms with E-state index in [4.69, 9.17) is 0 Å². The van der Waals surface area contributed by atoms with E-state index in [0.29, 0.717) is 44.6 Å². The summed E-state index contributed by atoms with van der Waals surface area (Å²) >= 11 is 0. The second-order valence-corrected chi connectivity index (χ2v) is 8.23. The van der Waals surface area contributed by atoms with Crippen LogP contribution in [0.25, 0.3) is 0 Å². The Morgan fingerprint density at radius 1 is 1.03 bits per heavy atom. The molecule has 4 rings (SSSR count). The first kappa shape index (κ1) is 21.3. The zero-order valence-electron chi connectivity index (χ0n) is 16.8. The van der Waals surface area contributed by atoms with Crippen molar-refractivity contribution in [2.45, 2.75) is 25.4 Å². The number of alkyl halides is 3. The Morgan fingerprint density at radius 3 is 2.42 bits per heavy atom. The number of rotatable bonds is 4. The van der Waals surface area contributed by atoms with Gasteiger partial charge in [-0.1, -0.05) is 30.3 Å². The van der Waals surface area contributed by atoms with Crippen molar-refractivity contribution in [3.8, 4) is 0 Å². The molecule has 2 fully saturated rings. The van der Waals surface area contributed by atoms with Gasteiger partial charge in [0.25, 0.3) is 5.91 Å². The molecule has 1 spiro atoms. The fourth-order valence-electron chi connectivity index (χ4n) is 4.50. The van der Waals surface area contributed by atoms with E-state index in [1.54, 1.807) is 0 Å². The number of carbonyl (C=O) groups excluding carboxylic acids is 2. The largest absolute Gasteiger partial charge is 0.419 e. The summed E-state index contributed by atoms with van der Waals surface area (Å²) in [6, 6.07) is 12.1. The molecular weight excluding hydrogens is 412 g/mol. The highest BCUT2D eigenvalue weighted by Crippen LogP contribution is 2.41. The van der Waals surface area contributed by atoms with Crippen LogP contribution < -0.4 is 0 Å². The Labute approximate surface area is 177 Å². The number of benzene rings is 2. The zero-order valence-corrected chi connectivity index (χ0v) is 16.8. The van der Waals surface area contributed by atoms with Gasteiger partial charge >= 0.3 is 6.18 Å². The van der Waals surface area contributed by atoms with E-state index in [1.165, 1.54) is 4.90 Å². The Hall–Kier alpha value is -2.90. The molecule has 31 heavy (non-hydrogen) atoms. The van der Waals surface area contributed by atoms with Gasteiger partial charge in [0.2, 0.25) is 5.91 Å². The van der Waals surface area contributed by atoms with Gasteiger partial charge in [-0.15, -0.1) is 0 Å². The summed E-state index contributed by atoms with van der Waals surface area (Å²) in [5.74, 6) is -2.02. The summed E-state index contributed by atoms with van der Waals surface area (Å²) in [5.41, 5.74) is -1.06. The summed E-state index contributed by atoms with van der Waals surface area (Å²) in [5, 5.41) is 0. The van der Waals surface area contributed by atoms with Crippen molar-refractivity contribution < 1.29 is 27.2 Å². The molecule has 2 amide bonds. The van der Waals surface area contributed by atoms with E-state index >= 15 is 0 Å². The van der Waals surface area contributed by atoms with Crippen LogP contribution in [0.4, 0.5) is 17.6 Å². The van der Waals surface area contributed by atoms with Crippen LogP contribution >= 0.6 is 0 Å². The molecule has 0 aliphatic carbocycles. The summed E-state index contributed by atoms with van der Waals surface area (Å²) in [7, 11) is 0. The molecule has 2 heterocycles. The average Bonchev–Trinajstić information content (AvgIpc) is 3.30. The van der Waals surface area contributed by atoms with Gasteiger partial charge in [0.15, 0.2) is 0 Å². The van der Waals surface area contributed by atoms with Crippen LogP contribution in [0.5, 0.6) is 0 Å². The van der Waals surface area contributed by atoms with Crippen molar-refractivity contribution in [3.63, 3.8) is 0 Å². The first-order chi connectivity index (χ1) is 14.7. The topological polar surface area (TPSA) is 40.6 Å². The molecular formula is C23H22F4N2O2. The molecule has 2 aromatic carbocycles. The molecule has 4 nitrogen and oxygen atoms in total. The monoisotopic (exact) mass is 434 g/mol. The predicted octanol–water partition coefficient (Wildman–Crippen LogP) is 4.15. The normalized spacial score (nSPS) is 21.4. The van der Waals surface area contributed by atoms with Crippen LogP contribution in [0, 0.1) is 11.2 Å². The molecule has 1 atom stereocenters. The van der Waals surface area contributed by atoms with E-state index in [-0.39, 0.29) is 18.0 Å². The second-order valence-electron chi connectivity index (χ2n) is 8.23. The standard InChI is InChI=1S/C23H22F4N2O2/c24-19-14-17(6-7-18(19)23(25,26)27)20(30)29-13-10-22(15-29)9-12-28(21(22)31)11-8-16-4-2-1-3-5-16/h1-7,14H,8-13,15H2. The molecule has 2 aliphatic rings. The van der Waals surface area contributed by atoms with E-state index in [2.05, 4.69) is 0 Å². The van der Waals surface area contributed by atoms with E-state index in [9.17, 15) is 27.2 Å². The van der Waals surface area contributed by atoms with Gasteiger partial charge in [0.05, 0.1) is 11.0 Å². The zero-order chi connectivity index (χ0) is 22.2. The first-order valence-electron chi connectivity index (χ1n) is 10.2. The van der Waals surface area contributed by atoms with Crippen molar-refractivity contribution in [2.24, 2.45) is 5.41 Å². The lowest BCUT2D eigenvalue weighted by atomic mass is 9.85. The van der Waals surface area contributed by atoms with Crippen LogP contribution in [0.2, 0.25) is 0 Å². The SMILES string of the molecule is O=C(c1ccc(C(F)(F)F)c(F)c1)N1CCC2(CCN(CCc3ccccc3)C2=O)C1. The Bertz CT molecular complexity index is 993. The Balaban J connectivity index is 1.41. The van der Waals surface area contributed by atoms with Crippen LogP contribution in [0.1, 0.15) is 34.3 Å². The maximum atomic E-state index is 13.9. The van der Waals surface area contributed by atoms with Crippen molar-refractivity contribution in [1.82, 2.24) is 9.80 Å². The molecule has 1 unspecified atom stereocenters. The molecule has 2 saturated heterocycles. The van der Waals surface area contributed by atoms with Gasteiger partial charge in [-0.25, -0.2) is 4.39 Å². The number of carbonyl (C=O) groups is 2. The first-order valence-corrected chi connectivity index (χ1v) is 10.2. The lowest BCUT2D eigenvalue weighted by molar-refractivity contribution is -0.140. The third-order valence-corrected chi connectivity index (χ3v) is 6.28. The molecule has 164 valence electrons. The minimum Gasteiger partial charge on any atom is -0.342 e. The van der Waals surface area contributed by atoms with Gasteiger partial charge in [0.1, 0.15) is 5.82 Å². The summed E-state index contributed by atoms with van der Waals surface area (Å²) < 4.78 is 52.1. The summed E-state index contributed by atoms with van der Waals surface area (Å²) in [6.07, 6.45) is -2.94. The highest BCUT2D eigenvalue weighted by molar-refractivity contribution is 5.95. The van der Waals surface area contributed by atoms with E-state index < -0.39 is 28.9 Å². The number of halogens is 4. The quantitative estimate of drug-likeness (QED) is 0.679. The van der Waals surface area contributed by atoms with Gasteiger partial charge in [0, 0.05) is 31.7 Å². The van der Waals surface area contributed by atoms with Gasteiger partial charge in [-0.05, 0) is 43.0 Å². The van der Waals surface area contributed by atoms with Crippen molar-refractivity contribution >= 4 is 11.8 Å². The maximum absolute atomic E-state index is 13.9. The van der Waals surface area contributed by atoms with Gasteiger partial charge < -0.3 is 9.80 Å². The summed E-state index contributed by atoms with van der Waals surface area (Å²) in [6.45, 7) is 1.74. The Kier molecular flexibility index (Phi) is 5.49. The van der Waals surface area contributed by atoms with Gasteiger partial charge in [-0.3, -0.25) is 9.59 Å². The summed E-state index contributed by atoms with van der Waals surface area (Å²) in [4.78, 5) is 29.1. The molecule has 2 aromatic rings. The van der Waals surface area contributed by atoms with Crippen LogP contribution in [-0.2, 0) is 17.4 Å². The fourth-order valence-corrected chi connectivity index (χ4v) is 4.50. The lowest BCUT2D eigenvalue weighted by Crippen LogP contribution is -2.39. The van der Waals surface area contributed by atoms with Crippen molar-refractivity contribution in [1.29, 1.82) is 0 Å². The van der Waals surface area contributed by atoms with Crippen LogP contribution in [0.3, 0.4) is 0 Å². The third-order valence-electron chi connectivity index (χ3n) is 6.28. The molecule has 8 heteroatoms. The molecule has 0 N–H and O–H groups in total. The van der Waals surface area contributed by atoms with Crippen molar-refractivity contribution in [3.05, 3.63) is 71.0 Å². The number of hydrogen-bond donors (Lipinski definition) is 0. The minimum atomic E-state index is -4.82. The third kappa shape index (κ3) is 4.16. The highest BCUT2D eigenvalue weighted by Gasteiger charge is 2.51. The Morgan fingerprint density at radius 2 is 1.74 bits per heavy atom. The van der Waals surface area contributed by atoms with Crippen molar-refractivity contribution in [2.75, 3.05) is 26.2 Å². The average molecular weight is 434 g/mol.